The van der Waals surface area contributed by atoms with Crippen molar-refractivity contribution in [1.29, 1.82) is 0 Å². The number of hydrogen-bond acceptors (Lipinski definition) is 7. The molecular weight excluding hydrogens is 821 g/mol. The summed E-state index contributed by atoms with van der Waals surface area (Å²) in [5.41, 5.74) is -1.63. The number of amides is 4. The number of allylic oxidation sites excluding steroid dienone is 2. The van der Waals surface area contributed by atoms with E-state index in [-0.39, 0.29) is 56.9 Å². The highest BCUT2D eigenvalue weighted by atomic mass is 127. The highest BCUT2D eigenvalue weighted by molar-refractivity contribution is 14.1. The van der Waals surface area contributed by atoms with Crippen LogP contribution in [0.15, 0.2) is 23.8 Å². The van der Waals surface area contributed by atoms with Gasteiger partial charge in [-0.1, -0.05) is 11.6 Å². The molecule has 2 heterocycles. The molecule has 3 fully saturated rings. The van der Waals surface area contributed by atoms with Gasteiger partial charge in [-0.25, -0.2) is 26.9 Å². The number of rotatable bonds is 7. The fraction of sp³-hybridized carbons (Fsp3) is 0.387. The fourth-order valence-electron chi connectivity index (χ4n) is 7.53. The van der Waals surface area contributed by atoms with Gasteiger partial charge in [0.05, 0.1) is 22.5 Å². The molecule has 6 unspecified atom stereocenters. The summed E-state index contributed by atoms with van der Waals surface area (Å²) in [6.45, 7) is -0.229. The Kier molecular flexibility index (Phi) is 8.70. The maximum absolute atomic E-state index is 15.2. The average molecular weight is 843 g/mol. The normalized spacial score (nSPS) is 29.2. The molecule has 6 atom stereocenters. The van der Waals surface area contributed by atoms with Crippen molar-refractivity contribution in [3.63, 3.8) is 0 Å². The molecule has 49 heavy (non-hydrogen) atoms. The predicted molar refractivity (Wildman–Crippen MR) is 167 cm³/mol. The highest BCUT2D eigenvalue weighted by Gasteiger charge is 2.77. The third kappa shape index (κ3) is 4.79. The molecule has 2 aliphatic heterocycles. The van der Waals surface area contributed by atoms with Gasteiger partial charge in [0.25, 0.3) is 11.8 Å². The van der Waals surface area contributed by atoms with Gasteiger partial charge in [-0.15, -0.1) is 23.2 Å². The minimum atomic E-state index is -2.74. The summed E-state index contributed by atoms with van der Waals surface area (Å²) in [6.07, 6.45) is 0.359. The molecule has 260 valence electrons. The molecule has 2 aromatic rings. The topological polar surface area (TPSA) is 142 Å². The van der Waals surface area contributed by atoms with Crippen LogP contribution in [-0.4, -0.2) is 68.1 Å². The number of alkyl halides is 2. The van der Waals surface area contributed by atoms with Crippen molar-refractivity contribution in [1.82, 2.24) is 4.90 Å². The lowest BCUT2D eigenvalue weighted by atomic mass is 9.56. The zero-order valence-electron chi connectivity index (χ0n) is 24.8. The lowest BCUT2D eigenvalue weighted by molar-refractivity contribution is -0.142. The number of hydrogen-bond donors (Lipinski definition) is 2. The van der Waals surface area contributed by atoms with Crippen LogP contribution in [0.3, 0.4) is 0 Å². The molecule has 2 saturated heterocycles. The number of nitrogens with zero attached hydrogens (tertiary/aromatic N) is 2. The molecule has 6 rings (SSSR count). The van der Waals surface area contributed by atoms with E-state index in [1.807, 2.05) is 0 Å². The SMILES string of the molecule is COc1cc(C2C3=CCC4C(=O)N(CCCC(=O)O)C(=O)C4C3CC3(Cl)C(=O)N(c4c(F)c(F)c(F)c(F)c4F)C(=O)C23Cl)cc(I)c1O. The third-order valence-corrected chi connectivity index (χ3v) is 11.9. The Balaban J connectivity index is 1.56. The Morgan fingerprint density at radius 1 is 0.980 bits per heavy atom. The molecule has 1 saturated carbocycles. The summed E-state index contributed by atoms with van der Waals surface area (Å²) in [5.74, 6) is -23.5. The van der Waals surface area contributed by atoms with Gasteiger partial charge in [0.15, 0.2) is 44.5 Å². The van der Waals surface area contributed by atoms with Crippen LogP contribution in [0.1, 0.15) is 37.2 Å². The predicted octanol–water partition coefficient (Wildman–Crippen LogP) is 5.13. The van der Waals surface area contributed by atoms with Gasteiger partial charge in [-0.3, -0.25) is 28.9 Å². The standard InChI is InChI=1S/C31H22Cl2F5IN2O8/c1-49-15-8-10(7-14(39)25(15)44)18-11-4-5-12-17(27(46)40(26(12)45)6-2-3-16(42)43)13(11)9-30(32)28(47)41(29(48)31(18,30)33)24-22(37)20(35)19(34)21(36)23(24)38/h4,7-8,12-13,17-18,44H,2-3,5-6,9H2,1H3,(H,42,43). The summed E-state index contributed by atoms with van der Waals surface area (Å²) in [4.78, 5) is 62.1. The number of halogens is 8. The van der Waals surface area contributed by atoms with Gasteiger partial charge >= 0.3 is 5.97 Å². The first-order chi connectivity index (χ1) is 22.9. The number of phenolic OH excluding ortho intramolecular Hbond substituents is 1. The number of methoxy groups -OCH3 is 1. The molecule has 18 heteroatoms. The third-order valence-electron chi connectivity index (χ3n) is 9.69. The van der Waals surface area contributed by atoms with Crippen LogP contribution >= 0.6 is 45.8 Å². The van der Waals surface area contributed by atoms with Crippen molar-refractivity contribution in [2.75, 3.05) is 18.6 Å². The molecule has 2 aliphatic carbocycles. The highest BCUT2D eigenvalue weighted by Crippen LogP contribution is 2.66. The number of ether oxygens (including phenoxy) is 1. The van der Waals surface area contributed by atoms with E-state index in [4.69, 9.17) is 33.0 Å². The number of phenols is 1. The van der Waals surface area contributed by atoms with E-state index in [0.29, 0.717) is 0 Å². The molecule has 0 radical (unpaired) electrons. The molecular formula is C31H22Cl2F5IN2O8. The van der Waals surface area contributed by atoms with Crippen molar-refractivity contribution in [2.45, 2.75) is 41.3 Å². The Labute approximate surface area is 296 Å². The van der Waals surface area contributed by atoms with Crippen molar-refractivity contribution < 1.29 is 60.9 Å². The fourth-order valence-corrected chi connectivity index (χ4v) is 9.09. The second-order valence-corrected chi connectivity index (χ2v) is 14.5. The summed E-state index contributed by atoms with van der Waals surface area (Å²) >= 11 is 15.9. The number of aliphatic carboxylic acids is 1. The number of carboxylic acids is 1. The molecule has 4 aliphatic rings. The Bertz CT molecular complexity index is 1900. The summed E-state index contributed by atoms with van der Waals surface area (Å²) in [7, 11) is 1.21. The molecule has 4 amide bonds. The van der Waals surface area contributed by atoms with Crippen LogP contribution < -0.4 is 9.64 Å². The number of anilines is 1. The van der Waals surface area contributed by atoms with Crippen LogP contribution in [0, 0.1) is 50.4 Å². The maximum Gasteiger partial charge on any atom is 0.303 e. The van der Waals surface area contributed by atoms with Gasteiger partial charge in [0.2, 0.25) is 17.6 Å². The number of imide groups is 2. The molecule has 10 nitrogen and oxygen atoms in total. The number of fused-ring (bicyclic) bond motifs is 4. The van der Waals surface area contributed by atoms with Gasteiger partial charge in [0, 0.05) is 18.9 Å². The van der Waals surface area contributed by atoms with Crippen molar-refractivity contribution in [2.24, 2.45) is 17.8 Å². The average Bonchev–Trinajstić information content (AvgIpc) is 3.38. The quantitative estimate of drug-likeness (QED) is 0.0745. The number of carboxylic acid groups (broad SMARTS) is 1. The van der Waals surface area contributed by atoms with E-state index in [9.17, 15) is 42.3 Å². The monoisotopic (exact) mass is 842 g/mol. The largest absolute Gasteiger partial charge is 0.504 e. The molecule has 0 spiro atoms. The van der Waals surface area contributed by atoms with Gasteiger partial charge in [-0.05, 0) is 65.5 Å². The van der Waals surface area contributed by atoms with Crippen molar-refractivity contribution >= 4 is 81.1 Å². The van der Waals surface area contributed by atoms with E-state index in [1.54, 1.807) is 22.6 Å². The number of carbonyl (C=O) groups excluding carboxylic acids is 4. The lowest BCUT2D eigenvalue weighted by Gasteiger charge is -2.50. The number of carbonyl (C=O) groups is 5. The number of likely N-dealkylation sites (tertiary alicyclic amines) is 1. The first-order valence-electron chi connectivity index (χ1n) is 14.6. The van der Waals surface area contributed by atoms with Crippen LogP contribution in [0.2, 0.25) is 0 Å². The minimum Gasteiger partial charge on any atom is -0.504 e. The van der Waals surface area contributed by atoms with Gasteiger partial charge in [-0.2, -0.15) is 0 Å². The minimum absolute atomic E-state index is 0.0559. The summed E-state index contributed by atoms with van der Waals surface area (Å²) < 4.78 is 78.5. The van der Waals surface area contributed by atoms with Crippen LogP contribution in [0.4, 0.5) is 27.6 Å². The zero-order valence-corrected chi connectivity index (χ0v) is 28.5. The van der Waals surface area contributed by atoms with Crippen molar-refractivity contribution in [3.8, 4) is 11.5 Å². The van der Waals surface area contributed by atoms with Crippen LogP contribution in [0.5, 0.6) is 11.5 Å². The van der Waals surface area contributed by atoms with E-state index < -0.39 is 104 Å². The summed E-state index contributed by atoms with van der Waals surface area (Å²) in [5, 5.41) is 19.6. The molecule has 0 bridgehead atoms. The number of benzene rings is 2. The second kappa shape index (κ2) is 12.1. The smallest absolute Gasteiger partial charge is 0.303 e. The van der Waals surface area contributed by atoms with Crippen LogP contribution in [0.25, 0.3) is 0 Å². The second-order valence-electron chi connectivity index (χ2n) is 12.1. The Hall–Kier alpha value is -3.51. The van der Waals surface area contributed by atoms with Gasteiger partial charge in [0.1, 0.15) is 5.69 Å². The maximum atomic E-state index is 15.2. The molecule has 2 aromatic carbocycles. The first-order valence-corrected chi connectivity index (χ1v) is 16.4. The van der Waals surface area contributed by atoms with Crippen LogP contribution in [-0.2, 0) is 24.0 Å². The Morgan fingerprint density at radius 3 is 2.18 bits per heavy atom. The van der Waals surface area contributed by atoms with Gasteiger partial charge < -0.3 is 14.9 Å². The van der Waals surface area contributed by atoms with E-state index in [1.165, 1.54) is 25.3 Å². The number of aromatic hydroxyl groups is 1. The summed E-state index contributed by atoms with van der Waals surface area (Å²) in [6, 6.07) is 2.59. The Morgan fingerprint density at radius 2 is 1.59 bits per heavy atom. The lowest BCUT2D eigenvalue weighted by Crippen LogP contribution is -2.60. The van der Waals surface area contributed by atoms with Crippen molar-refractivity contribution in [3.05, 3.63) is 62.0 Å². The molecule has 0 aromatic heterocycles. The van der Waals surface area contributed by atoms with E-state index in [0.717, 1.165) is 4.90 Å². The molecule has 2 N–H and O–H groups in total. The van der Waals surface area contributed by atoms with E-state index >= 15 is 8.78 Å². The first kappa shape index (κ1) is 35.3. The van der Waals surface area contributed by atoms with E-state index in [2.05, 4.69) is 0 Å². The zero-order chi connectivity index (χ0) is 36.1.